The standard InChI is InChI=1S/C18H20N2O4S/c1-3-24-11-5-7-14-15(9-11)25-18(19-14)20-16(21)13-8-10(2)4-6-12(13)17(22)23/h4-5,7,9,12-13H,3,6,8H2,1-2H3,(H,22,23)(H,19,20,21)/t12-,13-/m1/s1. The highest BCUT2D eigenvalue weighted by Crippen LogP contribution is 2.33. The molecular weight excluding hydrogens is 340 g/mol. The number of fused-ring (bicyclic) bond motifs is 1. The summed E-state index contributed by atoms with van der Waals surface area (Å²) >= 11 is 1.35. The Kier molecular flexibility index (Phi) is 5.03. The fourth-order valence-electron chi connectivity index (χ4n) is 3.03. The Bertz CT molecular complexity index is 843. The molecule has 1 heterocycles. The van der Waals surface area contributed by atoms with Crippen LogP contribution in [0.1, 0.15) is 26.7 Å². The molecule has 6 nitrogen and oxygen atoms in total. The lowest BCUT2D eigenvalue weighted by molar-refractivity contribution is -0.146. The average Bonchev–Trinajstić information content (AvgIpc) is 2.96. The zero-order chi connectivity index (χ0) is 18.0. The fraction of sp³-hybridized carbons (Fsp3) is 0.389. The summed E-state index contributed by atoms with van der Waals surface area (Å²) in [7, 11) is 0. The first-order valence-corrected chi connectivity index (χ1v) is 9.02. The zero-order valence-corrected chi connectivity index (χ0v) is 14.9. The number of ether oxygens (including phenoxy) is 1. The quantitative estimate of drug-likeness (QED) is 0.794. The molecule has 25 heavy (non-hydrogen) atoms. The predicted octanol–water partition coefficient (Wildman–Crippen LogP) is 3.69. The van der Waals surface area contributed by atoms with Gasteiger partial charge in [-0.2, -0.15) is 0 Å². The third-order valence-corrected chi connectivity index (χ3v) is 5.24. The Labute approximate surface area is 149 Å². The number of rotatable bonds is 5. The van der Waals surface area contributed by atoms with Gasteiger partial charge >= 0.3 is 5.97 Å². The van der Waals surface area contributed by atoms with Crippen molar-refractivity contribution in [2.75, 3.05) is 11.9 Å². The van der Waals surface area contributed by atoms with Crippen molar-refractivity contribution in [1.82, 2.24) is 4.98 Å². The first kappa shape index (κ1) is 17.4. The first-order valence-electron chi connectivity index (χ1n) is 8.20. The number of aromatic nitrogens is 1. The summed E-state index contributed by atoms with van der Waals surface area (Å²) in [5.74, 6) is -1.73. The van der Waals surface area contributed by atoms with Gasteiger partial charge in [0.15, 0.2) is 5.13 Å². The van der Waals surface area contributed by atoms with Crippen molar-refractivity contribution >= 4 is 38.6 Å². The van der Waals surface area contributed by atoms with Crippen molar-refractivity contribution in [2.45, 2.75) is 26.7 Å². The largest absolute Gasteiger partial charge is 0.494 e. The number of nitrogens with one attached hydrogen (secondary N) is 1. The maximum Gasteiger partial charge on any atom is 0.307 e. The van der Waals surface area contributed by atoms with E-state index in [0.29, 0.717) is 24.6 Å². The number of thiazole rings is 1. The van der Waals surface area contributed by atoms with Crippen molar-refractivity contribution in [3.63, 3.8) is 0 Å². The van der Waals surface area contributed by atoms with Crippen LogP contribution in [0.15, 0.2) is 29.8 Å². The second-order valence-corrected chi connectivity index (χ2v) is 7.14. The Morgan fingerprint density at radius 3 is 2.92 bits per heavy atom. The summed E-state index contributed by atoms with van der Waals surface area (Å²) < 4.78 is 6.38. The molecule has 1 aliphatic carbocycles. The highest BCUT2D eigenvalue weighted by molar-refractivity contribution is 7.22. The molecule has 0 unspecified atom stereocenters. The molecule has 0 radical (unpaired) electrons. The van der Waals surface area contributed by atoms with Gasteiger partial charge < -0.3 is 15.2 Å². The molecule has 0 fully saturated rings. The van der Waals surface area contributed by atoms with Gasteiger partial charge in [-0.1, -0.05) is 23.0 Å². The van der Waals surface area contributed by atoms with Gasteiger partial charge in [0.2, 0.25) is 5.91 Å². The molecule has 2 aromatic rings. The lowest BCUT2D eigenvalue weighted by Gasteiger charge is -2.26. The summed E-state index contributed by atoms with van der Waals surface area (Å²) in [6.45, 7) is 4.42. The SMILES string of the molecule is CCOc1ccc2nc(NC(=O)[C@@H]3CC(C)=CC[C@H]3C(=O)O)sc2c1. The molecule has 0 spiro atoms. The van der Waals surface area contributed by atoms with Gasteiger partial charge in [0.25, 0.3) is 0 Å². The van der Waals surface area contributed by atoms with E-state index in [-0.39, 0.29) is 5.91 Å². The third kappa shape index (κ3) is 3.82. The Balaban J connectivity index is 1.78. The van der Waals surface area contributed by atoms with E-state index >= 15 is 0 Å². The van der Waals surface area contributed by atoms with Crippen LogP contribution in [0.25, 0.3) is 10.2 Å². The second kappa shape index (κ2) is 7.23. The molecule has 0 bridgehead atoms. The van der Waals surface area contributed by atoms with E-state index in [1.807, 2.05) is 38.1 Å². The molecule has 3 rings (SSSR count). The van der Waals surface area contributed by atoms with Crippen molar-refractivity contribution in [3.05, 3.63) is 29.8 Å². The number of hydrogen-bond donors (Lipinski definition) is 2. The van der Waals surface area contributed by atoms with Crippen molar-refractivity contribution in [1.29, 1.82) is 0 Å². The second-order valence-electron chi connectivity index (χ2n) is 6.11. The Hall–Kier alpha value is -2.41. The number of anilines is 1. The fourth-order valence-corrected chi connectivity index (χ4v) is 3.92. The molecule has 1 aliphatic rings. The minimum atomic E-state index is -0.936. The van der Waals surface area contributed by atoms with Gasteiger partial charge in [-0.05, 0) is 44.9 Å². The summed E-state index contributed by atoms with van der Waals surface area (Å²) in [5.41, 5.74) is 1.82. The normalized spacial score (nSPS) is 20.2. The number of carboxylic acids is 1. The van der Waals surface area contributed by atoms with Crippen LogP contribution in [-0.2, 0) is 9.59 Å². The number of hydrogen-bond acceptors (Lipinski definition) is 5. The molecule has 0 aliphatic heterocycles. The van der Waals surface area contributed by atoms with Gasteiger partial charge in [0, 0.05) is 0 Å². The van der Waals surface area contributed by atoms with Crippen LogP contribution in [0.2, 0.25) is 0 Å². The van der Waals surface area contributed by atoms with E-state index in [1.165, 1.54) is 11.3 Å². The molecule has 2 N–H and O–H groups in total. The van der Waals surface area contributed by atoms with E-state index in [9.17, 15) is 14.7 Å². The number of carboxylic acid groups (broad SMARTS) is 1. The van der Waals surface area contributed by atoms with E-state index in [0.717, 1.165) is 21.5 Å². The van der Waals surface area contributed by atoms with Crippen LogP contribution in [0.3, 0.4) is 0 Å². The Morgan fingerprint density at radius 1 is 1.40 bits per heavy atom. The summed E-state index contributed by atoms with van der Waals surface area (Å²) in [4.78, 5) is 28.5. The molecule has 1 amide bonds. The van der Waals surface area contributed by atoms with E-state index in [4.69, 9.17) is 4.74 Å². The number of benzene rings is 1. The third-order valence-electron chi connectivity index (χ3n) is 4.30. The highest BCUT2D eigenvalue weighted by Gasteiger charge is 2.35. The lowest BCUT2D eigenvalue weighted by atomic mass is 9.79. The average molecular weight is 360 g/mol. The van der Waals surface area contributed by atoms with Gasteiger partial charge in [-0.3, -0.25) is 9.59 Å². The van der Waals surface area contributed by atoms with Gasteiger partial charge in [0.05, 0.1) is 28.7 Å². The van der Waals surface area contributed by atoms with Crippen LogP contribution >= 0.6 is 11.3 Å². The minimum Gasteiger partial charge on any atom is -0.494 e. The summed E-state index contributed by atoms with van der Waals surface area (Å²) in [6.07, 6.45) is 2.74. The number of carbonyl (C=O) groups is 2. The number of allylic oxidation sites excluding steroid dienone is 2. The number of amides is 1. The lowest BCUT2D eigenvalue weighted by Crippen LogP contribution is -2.35. The topological polar surface area (TPSA) is 88.5 Å². The molecule has 1 aromatic heterocycles. The van der Waals surface area contributed by atoms with Gasteiger partial charge in [-0.25, -0.2) is 4.98 Å². The molecule has 0 saturated heterocycles. The van der Waals surface area contributed by atoms with Gasteiger partial charge in [0.1, 0.15) is 5.75 Å². The predicted molar refractivity (Wildman–Crippen MR) is 97.0 cm³/mol. The number of carbonyl (C=O) groups excluding carboxylic acids is 1. The maximum atomic E-state index is 12.6. The Morgan fingerprint density at radius 2 is 2.20 bits per heavy atom. The monoisotopic (exact) mass is 360 g/mol. The van der Waals surface area contributed by atoms with E-state index in [1.54, 1.807) is 0 Å². The van der Waals surface area contributed by atoms with Crippen molar-refractivity contribution < 1.29 is 19.4 Å². The highest BCUT2D eigenvalue weighted by atomic mass is 32.1. The number of aliphatic carboxylic acids is 1. The molecular formula is C18H20N2O4S. The minimum absolute atomic E-state index is 0.288. The van der Waals surface area contributed by atoms with Crippen molar-refractivity contribution in [2.24, 2.45) is 11.8 Å². The van der Waals surface area contributed by atoms with E-state index < -0.39 is 17.8 Å². The molecule has 0 saturated carbocycles. The first-order chi connectivity index (χ1) is 12.0. The van der Waals surface area contributed by atoms with Crippen LogP contribution < -0.4 is 10.1 Å². The maximum absolute atomic E-state index is 12.6. The van der Waals surface area contributed by atoms with Crippen LogP contribution in [0.4, 0.5) is 5.13 Å². The molecule has 2 atom stereocenters. The van der Waals surface area contributed by atoms with Gasteiger partial charge in [-0.15, -0.1) is 0 Å². The smallest absolute Gasteiger partial charge is 0.307 e. The molecule has 1 aromatic carbocycles. The zero-order valence-electron chi connectivity index (χ0n) is 14.1. The number of nitrogens with zero attached hydrogens (tertiary/aromatic N) is 1. The van der Waals surface area contributed by atoms with Crippen molar-refractivity contribution in [3.8, 4) is 5.75 Å². The summed E-state index contributed by atoms with van der Waals surface area (Å²) in [5, 5.41) is 12.6. The molecule has 132 valence electrons. The van der Waals surface area contributed by atoms with E-state index in [2.05, 4.69) is 10.3 Å². The summed E-state index contributed by atoms with van der Waals surface area (Å²) in [6, 6.07) is 5.58. The van der Waals surface area contributed by atoms with Crippen LogP contribution in [-0.4, -0.2) is 28.6 Å². The molecule has 7 heteroatoms. The van der Waals surface area contributed by atoms with Crippen LogP contribution in [0.5, 0.6) is 5.75 Å². The van der Waals surface area contributed by atoms with Crippen LogP contribution in [0, 0.1) is 11.8 Å².